The molecule has 1 aromatic heterocycles. The number of aromatic nitrogens is 1. The van der Waals surface area contributed by atoms with Crippen molar-refractivity contribution in [3.63, 3.8) is 0 Å². The van der Waals surface area contributed by atoms with Crippen molar-refractivity contribution in [3.05, 3.63) is 89.2 Å². The Bertz CT molecular complexity index is 1150. The molecule has 1 aliphatic rings. The summed E-state index contributed by atoms with van der Waals surface area (Å²) < 4.78 is 43.9. The second-order valence-corrected chi connectivity index (χ2v) is 7.61. The Morgan fingerprint density at radius 3 is 2.21 bits per heavy atom. The lowest BCUT2D eigenvalue weighted by Crippen LogP contribution is -2.43. The number of amides is 1. The van der Waals surface area contributed by atoms with Crippen LogP contribution in [0.15, 0.2) is 66.9 Å². The number of nitrogens with zero attached hydrogens (tertiary/aromatic N) is 1. The van der Waals surface area contributed by atoms with Crippen LogP contribution in [-0.4, -0.2) is 34.8 Å². The molecule has 0 saturated carbocycles. The zero-order valence-electron chi connectivity index (χ0n) is 17.2. The van der Waals surface area contributed by atoms with Crippen LogP contribution in [0.1, 0.15) is 28.3 Å². The molecule has 1 unspecified atom stereocenters. The van der Waals surface area contributed by atoms with E-state index in [0.717, 1.165) is 34.5 Å². The number of fused-ring (bicyclic) bond motifs is 3. The van der Waals surface area contributed by atoms with Crippen LogP contribution in [0.3, 0.4) is 0 Å². The monoisotopic (exact) mass is 456 g/mol. The molecule has 0 aliphatic heterocycles. The van der Waals surface area contributed by atoms with Gasteiger partial charge >= 0.3 is 18.2 Å². The van der Waals surface area contributed by atoms with Crippen molar-refractivity contribution < 1.29 is 32.6 Å². The van der Waals surface area contributed by atoms with Gasteiger partial charge in [0.05, 0.1) is 0 Å². The highest BCUT2D eigenvalue weighted by Gasteiger charge is 2.33. The minimum Gasteiger partial charge on any atom is -0.480 e. The van der Waals surface area contributed by atoms with E-state index in [1.54, 1.807) is 0 Å². The maximum Gasteiger partial charge on any atom is 0.433 e. The summed E-state index contributed by atoms with van der Waals surface area (Å²) in [4.78, 5) is 27.2. The first kappa shape index (κ1) is 22.3. The largest absolute Gasteiger partial charge is 0.480 e. The summed E-state index contributed by atoms with van der Waals surface area (Å²) >= 11 is 0. The number of alkyl carbamates (subject to hydrolysis) is 1. The number of pyridine rings is 1. The lowest BCUT2D eigenvalue weighted by Gasteiger charge is -2.18. The Morgan fingerprint density at radius 1 is 1.03 bits per heavy atom. The van der Waals surface area contributed by atoms with Crippen LogP contribution in [0, 0.1) is 0 Å². The second-order valence-electron chi connectivity index (χ2n) is 7.61. The summed E-state index contributed by atoms with van der Waals surface area (Å²) in [5.41, 5.74) is 3.02. The predicted octanol–water partition coefficient (Wildman–Crippen LogP) is 4.63. The number of carboxylic acid groups (broad SMARTS) is 1. The van der Waals surface area contributed by atoms with Crippen LogP contribution in [-0.2, 0) is 22.1 Å². The Balaban J connectivity index is 1.43. The van der Waals surface area contributed by atoms with E-state index >= 15 is 0 Å². The smallest absolute Gasteiger partial charge is 0.433 e. The lowest BCUT2D eigenvalue weighted by molar-refractivity contribution is -0.141. The minimum atomic E-state index is -4.66. The van der Waals surface area contributed by atoms with Crippen LogP contribution in [0.4, 0.5) is 18.0 Å². The summed E-state index contributed by atoms with van der Waals surface area (Å²) in [5.74, 6) is -1.60. The third-order valence-electron chi connectivity index (χ3n) is 5.49. The summed E-state index contributed by atoms with van der Waals surface area (Å²) in [7, 11) is 0. The van der Waals surface area contributed by atoms with E-state index in [9.17, 15) is 27.9 Å². The topological polar surface area (TPSA) is 88.5 Å². The molecule has 1 aliphatic carbocycles. The number of hydrogen-bond acceptors (Lipinski definition) is 4. The maximum atomic E-state index is 12.9. The van der Waals surface area contributed by atoms with Crippen molar-refractivity contribution >= 4 is 12.1 Å². The summed E-state index contributed by atoms with van der Waals surface area (Å²) in [5, 5.41) is 11.7. The maximum absolute atomic E-state index is 12.9. The van der Waals surface area contributed by atoms with E-state index in [2.05, 4.69) is 10.3 Å². The normalized spacial score (nSPS) is 13.7. The molecule has 0 fully saturated rings. The summed E-state index contributed by atoms with van der Waals surface area (Å²) in [6, 6.07) is 16.1. The number of carbonyl (C=O) groups is 2. The third-order valence-corrected chi connectivity index (χ3v) is 5.49. The standard InChI is InChI=1S/C24H19F3N2O4/c25-24(26,27)21-12-14(9-10-28-21)11-20(22(30)31)29-23(32)33-13-19-17-7-3-1-5-15(17)16-6-2-4-8-18(16)19/h1-10,12,19-20H,11,13H2,(H,29,32)(H,30,31). The molecule has 170 valence electrons. The SMILES string of the molecule is O=C(NC(Cc1ccnc(C(F)(F)F)c1)C(=O)O)OCC1c2ccccc2-c2ccccc21. The molecule has 4 rings (SSSR count). The van der Waals surface area contributed by atoms with Crippen molar-refractivity contribution in [2.45, 2.75) is 24.6 Å². The average molecular weight is 456 g/mol. The van der Waals surface area contributed by atoms with Crippen molar-refractivity contribution in [2.75, 3.05) is 6.61 Å². The molecule has 0 spiro atoms. The number of nitrogens with one attached hydrogen (secondary N) is 1. The molecule has 0 bridgehead atoms. The lowest BCUT2D eigenvalue weighted by atomic mass is 9.98. The highest BCUT2D eigenvalue weighted by Crippen LogP contribution is 2.44. The number of carbonyl (C=O) groups excluding carboxylic acids is 1. The number of hydrogen-bond donors (Lipinski definition) is 2. The average Bonchev–Trinajstić information content (AvgIpc) is 3.10. The number of alkyl halides is 3. The first-order valence-electron chi connectivity index (χ1n) is 10.1. The van der Waals surface area contributed by atoms with Crippen LogP contribution < -0.4 is 5.32 Å². The molecular formula is C24H19F3N2O4. The van der Waals surface area contributed by atoms with Gasteiger partial charge in [-0.15, -0.1) is 0 Å². The van der Waals surface area contributed by atoms with E-state index in [0.29, 0.717) is 0 Å². The molecule has 0 radical (unpaired) electrons. The molecule has 33 heavy (non-hydrogen) atoms. The number of aliphatic carboxylic acids is 1. The zero-order valence-corrected chi connectivity index (χ0v) is 17.2. The van der Waals surface area contributed by atoms with Crippen LogP contribution >= 0.6 is 0 Å². The van der Waals surface area contributed by atoms with Gasteiger partial charge in [0.15, 0.2) is 0 Å². The predicted molar refractivity (Wildman–Crippen MR) is 113 cm³/mol. The minimum absolute atomic E-state index is 0.0142. The Morgan fingerprint density at radius 2 is 1.64 bits per heavy atom. The molecule has 1 atom stereocenters. The van der Waals surface area contributed by atoms with Crippen molar-refractivity contribution in [1.29, 1.82) is 0 Å². The Kier molecular flexibility index (Phi) is 6.04. The van der Waals surface area contributed by atoms with Gasteiger partial charge in [-0.05, 0) is 39.9 Å². The van der Waals surface area contributed by atoms with Crippen molar-refractivity contribution in [1.82, 2.24) is 10.3 Å². The summed E-state index contributed by atoms with van der Waals surface area (Å²) in [6.45, 7) is -0.0142. The fourth-order valence-corrected chi connectivity index (χ4v) is 3.97. The molecular weight excluding hydrogens is 437 g/mol. The third kappa shape index (κ3) is 4.82. The molecule has 6 nitrogen and oxygen atoms in total. The number of benzene rings is 2. The van der Waals surface area contributed by atoms with Gasteiger partial charge in [0, 0.05) is 18.5 Å². The fourth-order valence-electron chi connectivity index (χ4n) is 3.97. The number of rotatable bonds is 6. The first-order valence-corrected chi connectivity index (χ1v) is 10.1. The van der Waals surface area contributed by atoms with Gasteiger partial charge in [0.1, 0.15) is 18.3 Å². The van der Waals surface area contributed by atoms with Gasteiger partial charge in [0.25, 0.3) is 0 Å². The van der Waals surface area contributed by atoms with Gasteiger partial charge in [-0.2, -0.15) is 13.2 Å². The van der Waals surface area contributed by atoms with Crippen molar-refractivity contribution in [2.24, 2.45) is 0 Å². The Hall–Kier alpha value is -3.88. The number of carboxylic acids is 1. The van der Waals surface area contributed by atoms with Crippen LogP contribution in [0.25, 0.3) is 11.1 Å². The fraction of sp³-hybridized carbons (Fsp3) is 0.208. The second kappa shape index (κ2) is 8.93. The number of ether oxygens (including phenoxy) is 1. The zero-order chi connectivity index (χ0) is 23.6. The highest BCUT2D eigenvalue weighted by atomic mass is 19.4. The van der Waals surface area contributed by atoms with Gasteiger partial charge < -0.3 is 15.2 Å². The van der Waals surface area contributed by atoms with E-state index in [-0.39, 0.29) is 24.5 Å². The molecule has 2 aromatic carbocycles. The van der Waals surface area contributed by atoms with E-state index in [1.165, 1.54) is 6.07 Å². The molecule has 1 amide bonds. The van der Waals surface area contributed by atoms with Crippen LogP contribution in [0.2, 0.25) is 0 Å². The molecule has 1 heterocycles. The summed E-state index contributed by atoms with van der Waals surface area (Å²) in [6.07, 6.45) is -5.03. The molecule has 2 N–H and O–H groups in total. The molecule has 0 saturated heterocycles. The van der Waals surface area contributed by atoms with Gasteiger partial charge in [-0.25, -0.2) is 9.59 Å². The van der Waals surface area contributed by atoms with Crippen molar-refractivity contribution in [3.8, 4) is 11.1 Å². The van der Waals surface area contributed by atoms with E-state index in [1.807, 2.05) is 48.5 Å². The Labute approximate surface area is 187 Å². The number of halogens is 3. The first-order chi connectivity index (χ1) is 15.7. The van der Waals surface area contributed by atoms with Gasteiger partial charge in [0.2, 0.25) is 0 Å². The van der Waals surface area contributed by atoms with E-state index < -0.39 is 30.0 Å². The van der Waals surface area contributed by atoms with Crippen LogP contribution in [0.5, 0.6) is 0 Å². The van der Waals surface area contributed by atoms with Gasteiger partial charge in [-0.1, -0.05) is 48.5 Å². The quantitative estimate of drug-likeness (QED) is 0.565. The molecule has 3 aromatic rings. The van der Waals surface area contributed by atoms with Gasteiger partial charge in [-0.3, -0.25) is 4.98 Å². The van der Waals surface area contributed by atoms with E-state index in [4.69, 9.17) is 4.74 Å². The highest BCUT2D eigenvalue weighted by molar-refractivity contribution is 5.81. The molecule has 9 heteroatoms.